The molecule has 8 nitrogen and oxygen atoms in total. The molecule has 0 amide bonds. The fourth-order valence-electron chi connectivity index (χ4n) is 2.98. The zero-order chi connectivity index (χ0) is 22.0. The highest BCUT2D eigenvalue weighted by molar-refractivity contribution is 5.67. The van der Waals surface area contributed by atoms with Crippen molar-refractivity contribution in [1.82, 2.24) is 19.7 Å². The second kappa shape index (κ2) is 8.34. The number of ether oxygens (including phenoxy) is 1. The maximum Gasteiger partial charge on any atom is 0.316 e. The van der Waals surface area contributed by atoms with Gasteiger partial charge >= 0.3 is 5.56 Å². The topological polar surface area (TPSA) is 95.1 Å². The van der Waals surface area contributed by atoms with Crippen LogP contribution in [0.5, 0.6) is 5.75 Å². The summed E-state index contributed by atoms with van der Waals surface area (Å²) in [5, 5.41) is 10.7. The van der Waals surface area contributed by atoms with Gasteiger partial charge in [-0.15, -0.1) is 10.2 Å². The molecule has 158 valence electrons. The fourth-order valence-corrected chi connectivity index (χ4v) is 2.98. The van der Waals surface area contributed by atoms with E-state index in [2.05, 4.69) is 20.5 Å². The minimum atomic E-state index is -0.962. The van der Waals surface area contributed by atoms with E-state index < -0.39 is 17.2 Å². The molecule has 2 aromatic carbocycles. The molecule has 0 bridgehead atoms. The molecule has 0 unspecified atom stereocenters. The van der Waals surface area contributed by atoms with Gasteiger partial charge in [-0.05, 0) is 42.3 Å². The van der Waals surface area contributed by atoms with Crippen molar-refractivity contribution < 1.29 is 17.9 Å². The number of benzene rings is 2. The van der Waals surface area contributed by atoms with Gasteiger partial charge < -0.3 is 19.0 Å². The third kappa shape index (κ3) is 4.27. The highest BCUT2D eigenvalue weighted by Crippen LogP contribution is 2.26. The lowest BCUT2D eigenvalue weighted by Gasteiger charge is -2.17. The van der Waals surface area contributed by atoms with Crippen molar-refractivity contribution in [2.24, 2.45) is 0 Å². The Hall–Kier alpha value is -4.08. The Labute approximate surface area is 175 Å². The first-order chi connectivity index (χ1) is 14.9. The highest BCUT2D eigenvalue weighted by atomic mass is 19.2. The molecule has 1 N–H and O–H groups in total. The number of hydrogen-bond donors (Lipinski definition) is 1. The summed E-state index contributed by atoms with van der Waals surface area (Å²) in [7, 11) is 1.35. The van der Waals surface area contributed by atoms with Crippen LogP contribution in [0.15, 0.2) is 58.2 Å². The van der Waals surface area contributed by atoms with Crippen LogP contribution in [0, 0.1) is 18.6 Å². The molecule has 0 radical (unpaired) electrons. The second-order valence-corrected chi connectivity index (χ2v) is 6.71. The molecule has 0 saturated heterocycles. The lowest BCUT2D eigenvalue weighted by molar-refractivity contribution is 0.402. The summed E-state index contributed by atoms with van der Waals surface area (Å²) in [6.45, 7) is 1.99. The predicted octanol–water partition coefficient (Wildman–Crippen LogP) is 3.68. The summed E-state index contributed by atoms with van der Waals surface area (Å²) < 4.78 is 38.8. The van der Waals surface area contributed by atoms with Crippen molar-refractivity contribution in [2.45, 2.75) is 13.5 Å². The lowest BCUT2D eigenvalue weighted by atomic mass is 10.1. The van der Waals surface area contributed by atoms with E-state index >= 15 is 0 Å². The van der Waals surface area contributed by atoms with Crippen LogP contribution in [0.4, 0.5) is 20.4 Å². The summed E-state index contributed by atoms with van der Waals surface area (Å²) in [5.74, 6) is -1.35. The van der Waals surface area contributed by atoms with Gasteiger partial charge in [0.2, 0.25) is 24.0 Å². The zero-order valence-electron chi connectivity index (χ0n) is 16.6. The Morgan fingerprint density at radius 3 is 2.71 bits per heavy atom. The van der Waals surface area contributed by atoms with Gasteiger partial charge in [-0.25, -0.2) is 8.78 Å². The maximum absolute atomic E-state index is 13.7. The summed E-state index contributed by atoms with van der Waals surface area (Å²) in [4.78, 5) is 16.3. The van der Waals surface area contributed by atoms with Crippen LogP contribution in [0.1, 0.15) is 11.1 Å². The largest absolute Gasteiger partial charge is 0.490 e. The monoisotopic (exact) mass is 425 g/mol. The number of hydrogen-bond acceptors (Lipinski definition) is 7. The molecule has 10 heteroatoms. The van der Waals surface area contributed by atoms with Gasteiger partial charge in [0.25, 0.3) is 0 Å². The predicted molar refractivity (Wildman–Crippen MR) is 108 cm³/mol. The minimum Gasteiger partial charge on any atom is -0.490 e. The van der Waals surface area contributed by atoms with Gasteiger partial charge in [0.1, 0.15) is 0 Å². The van der Waals surface area contributed by atoms with E-state index in [1.54, 1.807) is 10.6 Å². The molecule has 0 aliphatic heterocycles. The third-order valence-corrected chi connectivity index (χ3v) is 4.61. The Morgan fingerprint density at radius 1 is 1.16 bits per heavy atom. The third-order valence-electron chi connectivity index (χ3n) is 4.61. The number of anilines is 2. The molecule has 4 aromatic rings. The highest BCUT2D eigenvalue weighted by Gasteiger charge is 2.13. The fraction of sp³-hybridized carbons (Fsp3) is 0.143. The summed E-state index contributed by atoms with van der Waals surface area (Å²) in [5.41, 5.74) is 2.09. The SMILES string of the molecule is COc1cn(Cc2ccc(F)c(F)c2)c(Nc2cc(-c3nnco3)ccc2C)nc1=O. The maximum atomic E-state index is 13.7. The second-order valence-electron chi connectivity index (χ2n) is 6.71. The van der Waals surface area contributed by atoms with E-state index in [0.29, 0.717) is 22.7 Å². The molecule has 31 heavy (non-hydrogen) atoms. The molecule has 0 aliphatic rings. The molecule has 4 rings (SSSR count). The van der Waals surface area contributed by atoms with Crippen molar-refractivity contribution in [3.05, 3.63) is 82.1 Å². The van der Waals surface area contributed by atoms with Gasteiger partial charge in [0.05, 0.1) is 19.9 Å². The van der Waals surface area contributed by atoms with E-state index in [9.17, 15) is 13.6 Å². The van der Waals surface area contributed by atoms with Crippen molar-refractivity contribution in [2.75, 3.05) is 12.4 Å². The Balaban J connectivity index is 1.74. The first kappa shape index (κ1) is 20.2. The molecule has 0 fully saturated rings. The number of rotatable bonds is 6. The number of methoxy groups -OCH3 is 1. The Morgan fingerprint density at radius 2 is 2.00 bits per heavy atom. The van der Waals surface area contributed by atoms with E-state index in [-0.39, 0.29) is 18.2 Å². The number of nitrogens with zero attached hydrogens (tertiary/aromatic N) is 4. The molecule has 0 spiro atoms. The summed E-state index contributed by atoms with van der Waals surface area (Å²) >= 11 is 0. The van der Waals surface area contributed by atoms with Crippen LogP contribution in [-0.2, 0) is 6.54 Å². The van der Waals surface area contributed by atoms with Gasteiger partial charge in [-0.3, -0.25) is 4.79 Å². The van der Waals surface area contributed by atoms with Gasteiger partial charge in [-0.2, -0.15) is 4.98 Å². The number of aryl methyl sites for hydroxylation is 1. The van der Waals surface area contributed by atoms with E-state index in [1.165, 1.54) is 25.8 Å². The first-order valence-corrected chi connectivity index (χ1v) is 9.18. The lowest BCUT2D eigenvalue weighted by Crippen LogP contribution is -2.19. The van der Waals surface area contributed by atoms with Crippen molar-refractivity contribution >= 4 is 11.6 Å². The number of aromatic nitrogens is 4. The molecule has 0 atom stereocenters. The van der Waals surface area contributed by atoms with Crippen molar-refractivity contribution in [1.29, 1.82) is 0 Å². The van der Waals surface area contributed by atoms with Crippen LogP contribution in [0.3, 0.4) is 0 Å². The standard InChI is InChI=1S/C21H17F2N5O3/c1-12-3-5-14(20-27-24-11-31-20)8-17(12)25-21-26-19(29)18(30-2)10-28(21)9-13-4-6-15(22)16(23)7-13/h3-8,10-11H,9H2,1-2H3,(H,25,26,29). The van der Waals surface area contributed by atoms with E-state index in [1.807, 2.05) is 19.1 Å². The summed E-state index contributed by atoms with van der Waals surface area (Å²) in [6, 6.07) is 9.04. The van der Waals surface area contributed by atoms with Crippen LogP contribution in [0.2, 0.25) is 0 Å². The normalized spacial score (nSPS) is 10.8. The molecular weight excluding hydrogens is 408 g/mol. The van der Waals surface area contributed by atoms with Crippen LogP contribution >= 0.6 is 0 Å². The van der Waals surface area contributed by atoms with E-state index in [0.717, 1.165) is 17.7 Å². The average Bonchev–Trinajstić information content (AvgIpc) is 3.29. The zero-order valence-corrected chi connectivity index (χ0v) is 16.6. The van der Waals surface area contributed by atoms with Gasteiger partial charge in [0, 0.05) is 11.3 Å². The van der Waals surface area contributed by atoms with Crippen LogP contribution in [-0.4, -0.2) is 26.9 Å². The average molecular weight is 425 g/mol. The molecule has 2 aromatic heterocycles. The van der Waals surface area contributed by atoms with Crippen molar-refractivity contribution in [3.8, 4) is 17.2 Å². The quantitative estimate of drug-likeness (QED) is 0.504. The summed E-state index contributed by atoms with van der Waals surface area (Å²) in [6.07, 6.45) is 2.68. The van der Waals surface area contributed by atoms with Gasteiger partial charge in [0.15, 0.2) is 11.6 Å². The molecule has 0 saturated carbocycles. The Kier molecular flexibility index (Phi) is 5.44. The van der Waals surface area contributed by atoms with E-state index in [4.69, 9.17) is 9.15 Å². The molecule has 0 aliphatic carbocycles. The molecular formula is C21H17F2N5O3. The minimum absolute atomic E-state index is 0.0180. The number of halogens is 2. The first-order valence-electron chi connectivity index (χ1n) is 9.18. The molecule has 2 heterocycles. The Bertz CT molecular complexity index is 1290. The van der Waals surface area contributed by atoms with Gasteiger partial charge in [-0.1, -0.05) is 12.1 Å². The van der Waals surface area contributed by atoms with Crippen LogP contribution in [0.25, 0.3) is 11.5 Å². The van der Waals surface area contributed by atoms with Crippen LogP contribution < -0.4 is 15.6 Å². The number of nitrogens with one attached hydrogen (secondary N) is 1. The smallest absolute Gasteiger partial charge is 0.316 e. The van der Waals surface area contributed by atoms with Crippen molar-refractivity contribution in [3.63, 3.8) is 0 Å².